The van der Waals surface area contributed by atoms with Crippen LogP contribution >= 0.6 is 15.9 Å². The molecule has 7 nitrogen and oxygen atoms in total. The predicted molar refractivity (Wildman–Crippen MR) is 150 cm³/mol. The number of hydrogen-bond acceptors (Lipinski definition) is 4. The van der Waals surface area contributed by atoms with E-state index in [0.29, 0.717) is 12.2 Å². The smallest absolute Gasteiger partial charge is 0.264 e. The Kier molecular flexibility index (Phi) is 9.88. The molecule has 2 amide bonds. The molecule has 9 heteroatoms. The number of halogens is 1. The molecular weight excluding hydrogens is 554 g/mol. The lowest BCUT2D eigenvalue weighted by molar-refractivity contribution is -0.139. The third-order valence-corrected chi connectivity index (χ3v) is 8.36. The first-order chi connectivity index (χ1) is 17.6. The van der Waals surface area contributed by atoms with Crippen molar-refractivity contribution in [3.63, 3.8) is 0 Å². The van der Waals surface area contributed by atoms with E-state index in [1.54, 1.807) is 49.4 Å². The van der Waals surface area contributed by atoms with Gasteiger partial charge in [-0.15, -0.1) is 0 Å². The average molecular weight is 587 g/mol. The van der Waals surface area contributed by atoms with E-state index in [0.717, 1.165) is 26.3 Å². The van der Waals surface area contributed by atoms with Crippen LogP contribution in [0.2, 0.25) is 0 Å². The topological polar surface area (TPSA) is 86.8 Å². The van der Waals surface area contributed by atoms with Crippen molar-refractivity contribution in [3.05, 3.63) is 94.5 Å². The summed E-state index contributed by atoms with van der Waals surface area (Å²) >= 11 is 3.38. The minimum absolute atomic E-state index is 0.0740. The molecule has 1 N–H and O–H groups in total. The van der Waals surface area contributed by atoms with Gasteiger partial charge in [-0.05, 0) is 67.8 Å². The van der Waals surface area contributed by atoms with Crippen molar-refractivity contribution in [1.82, 2.24) is 10.2 Å². The van der Waals surface area contributed by atoms with E-state index in [1.807, 2.05) is 38.1 Å². The summed E-state index contributed by atoms with van der Waals surface area (Å²) in [6, 6.07) is 21.5. The predicted octanol–water partition coefficient (Wildman–Crippen LogP) is 4.90. The lowest BCUT2D eigenvalue weighted by Crippen LogP contribution is -2.51. The number of nitrogens with zero attached hydrogens (tertiary/aromatic N) is 2. The van der Waals surface area contributed by atoms with Crippen molar-refractivity contribution >= 4 is 43.5 Å². The summed E-state index contributed by atoms with van der Waals surface area (Å²) < 4.78 is 29.3. The summed E-state index contributed by atoms with van der Waals surface area (Å²) in [4.78, 5) is 28.2. The molecule has 0 fully saturated rings. The first kappa shape index (κ1) is 28.4. The molecule has 0 aromatic heterocycles. The number of hydrogen-bond donors (Lipinski definition) is 1. The molecule has 37 heavy (non-hydrogen) atoms. The molecule has 3 aromatic carbocycles. The van der Waals surface area contributed by atoms with Crippen LogP contribution in [0.4, 0.5) is 5.69 Å². The first-order valence-electron chi connectivity index (χ1n) is 12.1. The number of anilines is 1. The molecule has 3 aromatic rings. The third-order valence-electron chi connectivity index (χ3n) is 6.04. The SMILES string of the molecule is CCCNC(=O)[C@H](C)N(Cc1ccccc1C)C(=O)CN(c1ccc(Br)cc1)S(=O)(=O)c1ccccc1. The van der Waals surface area contributed by atoms with Crippen molar-refractivity contribution in [1.29, 1.82) is 0 Å². The van der Waals surface area contributed by atoms with Gasteiger partial charge in [0.15, 0.2) is 0 Å². The summed E-state index contributed by atoms with van der Waals surface area (Å²) in [6.07, 6.45) is 0.761. The monoisotopic (exact) mass is 585 g/mol. The van der Waals surface area contributed by atoms with Crippen LogP contribution in [0.25, 0.3) is 0 Å². The molecular formula is C28H32BrN3O4S. The number of rotatable bonds is 11. The molecule has 1 atom stereocenters. The molecule has 0 radical (unpaired) electrons. The maximum absolute atomic E-state index is 13.8. The van der Waals surface area contributed by atoms with Gasteiger partial charge in [0.2, 0.25) is 11.8 Å². The fraction of sp³-hybridized carbons (Fsp3) is 0.286. The fourth-order valence-corrected chi connectivity index (χ4v) is 5.50. The van der Waals surface area contributed by atoms with Gasteiger partial charge in [0.25, 0.3) is 10.0 Å². The third kappa shape index (κ3) is 7.20. The van der Waals surface area contributed by atoms with Crippen LogP contribution in [0.3, 0.4) is 0 Å². The number of sulfonamides is 1. The van der Waals surface area contributed by atoms with Gasteiger partial charge in [-0.1, -0.05) is 65.3 Å². The first-order valence-corrected chi connectivity index (χ1v) is 14.3. The van der Waals surface area contributed by atoms with Crippen LogP contribution in [0.1, 0.15) is 31.4 Å². The van der Waals surface area contributed by atoms with Gasteiger partial charge in [0, 0.05) is 17.6 Å². The maximum atomic E-state index is 13.8. The highest BCUT2D eigenvalue weighted by Gasteiger charge is 2.32. The molecule has 0 aliphatic carbocycles. The van der Waals surface area contributed by atoms with Crippen molar-refractivity contribution in [2.75, 3.05) is 17.4 Å². The standard InChI is InChI=1S/C28H32BrN3O4S/c1-4-18-30-28(34)22(3)31(19-23-11-9-8-10-21(23)2)27(33)20-32(25-16-14-24(29)15-17-25)37(35,36)26-12-6-5-7-13-26/h5-17,22H,4,18-20H2,1-3H3,(H,30,34)/t22-/m0/s1. The zero-order valence-electron chi connectivity index (χ0n) is 21.2. The summed E-state index contributed by atoms with van der Waals surface area (Å²) in [5.41, 5.74) is 2.20. The Morgan fingerprint density at radius 2 is 1.57 bits per heavy atom. The molecule has 0 unspecified atom stereocenters. The van der Waals surface area contributed by atoms with E-state index < -0.39 is 28.5 Å². The fourth-order valence-electron chi connectivity index (χ4n) is 3.81. The average Bonchev–Trinajstić information content (AvgIpc) is 2.90. The number of aryl methyl sites for hydroxylation is 1. The molecule has 0 spiro atoms. The van der Waals surface area contributed by atoms with Gasteiger partial charge >= 0.3 is 0 Å². The highest BCUT2D eigenvalue weighted by molar-refractivity contribution is 9.10. The van der Waals surface area contributed by atoms with E-state index in [9.17, 15) is 18.0 Å². The molecule has 196 valence electrons. The Morgan fingerprint density at radius 3 is 2.19 bits per heavy atom. The molecule has 0 aliphatic rings. The van der Waals surface area contributed by atoms with Crippen LogP contribution in [-0.4, -0.2) is 44.3 Å². The van der Waals surface area contributed by atoms with Crippen molar-refractivity contribution in [2.45, 2.75) is 44.7 Å². The van der Waals surface area contributed by atoms with Gasteiger partial charge in [-0.3, -0.25) is 13.9 Å². The molecule has 0 bridgehead atoms. The number of carbonyl (C=O) groups is 2. The largest absolute Gasteiger partial charge is 0.354 e. The highest BCUT2D eigenvalue weighted by Crippen LogP contribution is 2.26. The minimum Gasteiger partial charge on any atom is -0.354 e. The molecule has 3 rings (SSSR count). The summed E-state index contributed by atoms with van der Waals surface area (Å²) in [5, 5.41) is 2.85. The second-order valence-electron chi connectivity index (χ2n) is 8.72. The quantitative estimate of drug-likeness (QED) is 0.347. The highest BCUT2D eigenvalue weighted by atomic mass is 79.9. The van der Waals surface area contributed by atoms with E-state index in [4.69, 9.17) is 0 Å². The Bertz CT molecular complexity index is 1310. The van der Waals surface area contributed by atoms with Gasteiger partial charge in [-0.25, -0.2) is 8.42 Å². The maximum Gasteiger partial charge on any atom is 0.264 e. The molecule has 0 saturated heterocycles. The van der Waals surface area contributed by atoms with Crippen molar-refractivity contribution in [2.24, 2.45) is 0 Å². The van der Waals surface area contributed by atoms with E-state index in [1.165, 1.54) is 17.0 Å². The van der Waals surface area contributed by atoms with Crippen LogP contribution < -0.4 is 9.62 Å². The van der Waals surface area contributed by atoms with Crippen LogP contribution in [0.5, 0.6) is 0 Å². The van der Waals surface area contributed by atoms with Gasteiger partial charge in [0.05, 0.1) is 10.6 Å². The van der Waals surface area contributed by atoms with E-state index >= 15 is 0 Å². The minimum atomic E-state index is -4.07. The lowest BCUT2D eigenvalue weighted by Gasteiger charge is -2.32. The lowest BCUT2D eigenvalue weighted by atomic mass is 10.1. The van der Waals surface area contributed by atoms with Crippen molar-refractivity contribution in [3.8, 4) is 0 Å². The second-order valence-corrected chi connectivity index (χ2v) is 11.5. The summed E-state index contributed by atoms with van der Waals surface area (Å²) in [5.74, 6) is -0.769. The van der Waals surface area contributed by atoms with Gasteiger partial charge < -0.3 is 10.2 Å². The normalized spacial score (nSPS) is 12.0. The number of nitrogens with one attached hydrogen (secondary N) is 1. The van der Waals surface area contributed by atoms with E-state index in [-0.39, 0.29) is 17.3 Å². The number of amides is 2. The Hall–Kier alpha value is -3.17. The van der Waals surface area contributed by atoms with Crippen molar-refractivity contribution < 1.29 is 18.0 Å². The molecule has 0 heterocycles. The number of carbonyl (C=O) groups excluding carboxylic acids is 2. The zero-order chi connectivity index (χ0) is 27.0. The molecule has 0 saturated carbocycles. The van der Waals surface area contributed by atoms with E-state index in [2.05, 4.69) is 21.2 Å². The second kappa shape index (κ2) is 12.9. The van der Waals surface area contributed by atoms with Gasteiger partial charge in [0.1, 0.15) is 12.6 Å². The summed E-state index contributed by atoms with van der Waals surface area (Å²) in [6.45, 7) is 5.75. The number of benzene rings is 3. The Balaban J connectivity index is 2.01. The zero-order valence-corrected chi connectivity index (χ0v) is 23.6. The van der Waals surface area contributed by atoms with Gasteiger partial charge in [-0.2, -0.15) is 0 Å². The Labute approximate surface area is 227 Å². The Morgan fingerprint density at radius 1 is 0.946 bits per heavy atom. The van der Waals surface area contributed by atoms with Crippen LogP contribution in [-0.2, 0) is 26.2 Å². The van der Waals surface area contributed by atoms with Crippen LogP contribution in [0.15, 0.2) is 88.2 Å². The van der Waals surface area contributed by atoms with Crippen LogP contribution in [0, 0.1) is 6.92 Å². The molecule has 0 aliphatic heterocycles. The summed E-state index contributed by atoms with van der Waals surface area (Å²) in [7, 11) is -4.07.